The number of anilines is 1. The molecule has 0 fully saturated rings. The maximum atomic E-state index is 13.5. The molecular formula is C26H31FN4O3S. The van der Waals surface area contributed by atoms with Gasteiger partial charge in [-0.3, -0.25) is 9.21 Å². The van der Waals surface area contributed by atoms with Crippen molar-refractivity contribution in [3.8, 4) is 5.75 Å². The van der Waals surface area contributed by atoms with E-state index in [0.717, 1.165) is 41.5 Å². The second-order valence-corrected chi connectivity index (χ2v) is 11.2. The van der Waals surface area contributed by atoms with Crippen LogP contribution in [0.1, 0.15) is 31.4 Å². The van der Waals surface area contributed by atoms with Crippen molar-refractivity contribution in [3.63, 3.8) is 0 Å². The number of hydrogen-bond acceptors (Lipinski definition) is 4. The number of fused-ring (bicyclic) bond motifs is 2. The van der Waals surface area contributed by atoms with Gasteiger partial charge < -0.3 is 9.72 Å². The molecule has 0 amide bonds. The van der Waals surface area contributed by atoms with Gasteiger partial charge in [0.25, 0.3) is 0 Å². The van der Waals surface area contributed by atoms with Crippen molar-refractivity contribution in [1.29, 1.82) is 0 Å². The number of nitrogens with zero attached hydrogens (tertiary/aromatic N) is 3. The van der Waals surface area contributed by atoms with Gasteiger partial charge >= 0.3 is 10.2 Å². The topological polar surface area (TPSA) is 68.9 Å². The van der Waals surface area contributed by atoms with Crippen LogP contribution in [0, 0.1) is 5.82 Å². The molecule has 0 saturated carbocycles. The monoisotopic (exact) mass is 498 g/mol. The highest BCUT2D eigenvalue weighted by Gasteiger charge is 2.38. The summed E-state index contributed by atoms with van der Waals surface area (Å²) in [7, 11) is -2.05. The van der Waals surface area contributed by atoms with Crippen LogP contribution < -0.4 is 9.04 Å². The van der Waals surface area contributed by atoms with Crippen LogP contribution in [0.4, 0.5) is 10.1 Å². The number of benzene rings is 2. The van der Waals surface area contributed by atoms with Gasteiger partial charge in [0.1, 0.15) is 11.6 Å². The van der Waals surface area contributed by atoms with E-state index < -0.39 is 10.2 Å². The van der Waals surface area contributed by atoms with Gasteiger partial charge in [-0.15, -0.1) is 0 Å². The van der Waals surface area contributed by atoms with Crippen molar-refractivity contribution < 1.29 is 17.5 Å². The summed E-state index contributed by atoms with van der Waals surface area (Å²) in [6.45, 7) is 6.70. The van der Waals surface area contributed by atoms with Crippen LogP contribution >= 0.6 is 0 Å². The largest absolute Gasteiger partial charge is 0.497 e. The molecule has 2 aliphatic heterocycles. The zero-order valence-corrected chi connectivity index (χ0v) is 21.1. The predicted octanol–water partition coefficient (Wildman–Crippen LogP) is 4.38. The molecule has 1 aromatic heterocycles. The molecule has 3 heterocycles. The standard InChI is InChI=1S/C26H31FN4O3S/c1-18(2)31-17-20-4-6-22(34-3)15-26(20)30(35(31,32)33)13-12-29-10-8-19(9-11-29)24-16-28-25-14-21(27)5-7-23(24)25/h4-8,14-16,18,28H,9-13,17H2,1-3H3. The Kier molecular flexibility index (Phi) is 6.33. The average molecular weight is 499 g/mol. The molecule has 0 atom stereocenters. The highest BCUT2D eigenvalue weighted by Crippen LogP contribution is 2.36. The summed E-state index contributed by atoms with van der Waals surface area (Å²) >= 11 is 0. The van der Waals surface area contributed by atoms with Crippen molar-refractivity contribution in [2.45, 2.75) is 32.9 Å². The molecule has 0 radical (unpaired) electrons. The number of H-pyrrole nitrogens is 1. The SMILES string of the molecule is COc1ccc2c(c1)N(CCN1CC=C(c3c[nH]c4cc(F)ccc34)CC1)S(=O)(=O)N(C(C)C)C2. The Hall–Kier alpha value is -2.88. The van der Waals surface area contributed by atoms with E-state index in [-0.39, 0.29) is 11.9 Å². The van der Waals surface area contributed by atoms with Crippen molar-refractivity contribution in [2.24, 2.45) is 0 Å². The summed E-state index contributed by atoms with van der Waals surface area (Å²) in [5.41, 5.74) is 4.80. The first-order chi connectivity index (χ1) is 16.8. The van der Waals surface area contributed by atoms with E-state index >= 15 is 0 Å². The van der Waals surface area contributed by atoms with Crippen LogP contribution in [0.15, 0.2) is 48.7 Å². The van der Waals surface area contributed by atoms with Gasteiger partial charge in [0, 0.05) is 67.5 Å². The number of aromatic amines is 1. The Bertz CT molecular complexity index is 1380. The van der Waals surface area contributed by atoms with Crippen molar-refractivity contribution in [3.05, 3.63) is 65.6 Å². The van der Waals surface area contributed by atoms with Gasteiger partial charge in [0.2, 0.25) is 0 Å². The third kappa shape index (κ3) is 4.44. The smallest absolute Gasteiger partial charge is 0.304 e. The normalized spacial score (nSPS) is 18.7. The number of hydrogen-bond donors (Lipinski definition) is 1. The van der Waals surface area contributed by atoms with Crippen LogP contribution in [-0.2, 0) is 16.8 Å². The summed E-state index contributed by atoms with van der Waals surface area (Å²) < 4.78 is 49.0. The molecular weight excluding hydrogens is 467 g/mol. The Morgan fingerprint density at radius 1 is 1.14 bits per heavy atom. The second kappa shape index (κ2) is 9.29. The fourth-order valence-electron chi connectivity index (χ4n) is 4.98. The highest BCUT2D eigenvalue weighted by molar-refractivity contribution is 7.90. The van der Waals surface area contributed by atoms with Crippen LogP contribution in [0.5, 0.6) is 5.75 Å². The van der Waals surface area contributed by atoms with Crippen LogP contribution in [0.2, 0.25) is 0 Å². The van der Waals surface area contributed by atoms with E-state index in [9.17, 15) is 12.8 Å². The molecule has 2 aromatic carbocycles. The Morgan fingerprint density at radius 3 is 2.69 bits per heavy atom. The summed E-state index contributed by atoms with van der Waals surface area (Å²) in [6, 6.07) is 10.3. The van der Waals surface area contributed by atoms with Gasteiger partial charge in [0.05, 0.1) is 12.8 Å². The Balaban J connectivity index is 1.34. The Morgan fingerprint density at radius 2 is 1.97 bits per heavy atom. The molecule has 0 saturated heterocycles. The minimum atomic E-state index is -3.64. The number of halogens is 1. The van der Waals surface area contributed by atoms with Gasteiger partial charge in [0.15, 0.2) is 0 Å². The minimum Gasteiger partial charge on any atom is -0.497 e. The number of rotatable bonds is 6. The lowest BCUT2D eigenvalue weighted by Crippen LogP contribution is -2.52. The quantitative estimate of drug-likeness (QED) is 0.548. The van der Waals surface area contributed by atoms with Gasteiger partial charge in [-0.05, 0) is 55.7 Å². The molecule has 186 valence electrons. The lowest BCUT2D eigenvalue weighted by atomic mass is 9.99. The third-order valence-corrected chi connectivity index (χ3v) is 9.02. The maximum absolute atomic E-state index is 13.5. The predicted molar refractivity (Wildman–Crippen MR) is 137 cm³/mol. The van der Waals surface area contributed by atoms with E-state index in [2.05, 4.69) is 16.0 Å². The number of aromatic nitrogens is 1. The van der Waals surface area contributed by atoms with E-state index in [1.807, 2.05) is 44.3 Å². The molecule has 5 rings (SSSR count). The molecule has 3 aromatic rings. The van der Waals surface area contributed by atoms with Crippen LogP contribution in [0.25, 0.3) is 16.5 Å². The molecule has 0 spiro atoms. The molecule has 9 heteroatoms. The van der Waals surface area contributed by atoms with Gasteiger partial charge in [-0.1, -0.05) is 12.1 Å². The molecule has 2 aliphatic rings. The van der Waals surface area contributed by atoms with Gasteiger partial charge in [-0.2, -0.15) is 12.7 Å². The molecule has 0 aliphatic carbocycles. The lowest BCUT2D eigenvalue weighted by Gasteiger charge is -2.40. The molecule has 35 heavy (non-hydrogen) atoms. The Labute approximate surface area is 206 Å². The van der Waals surface area contributed by atoms with Crippen molar-refractivity contribution in [1.82, 2.24) is 14.2 Å². The van der Waals surface area contributed by atoms with Crippen LogP contribution in [0.3, 0.4) is 0 Å². The zero-order valence-electron chi connectivity index (χ0n) is 20.3. The molecule has 0 bridgehead atoms. The minimum absolute atomic E-state index is 0.136. The lowest BCUT2D eigenvalue weighted by molar-refractivity contribution is 0.304. The van der Waals surface area contributed by atoms with Crippen molar-refractivity contribution >= 4 is 32.4 Å². The zero-order chi connectivity index (χ0) is 24.7. The molecule has 1 N–H and O–H groups in total. The van der Waals surface area contributed by atoms with Crippen molar-refractivity contribution in [2.75, 3.05) is 37.6 Å². The first-order valence-corrected chi connectivity index (χ1v) is 13.3. The summed E-state index contributed by atoms with van der Waals surface area (Å²) in [6.07, 6.45) is 4.98. The van der Waals surface area contributed by atoms with E-state index in [0.29, 0.717) is 31.1 Å². The van der Waals surface area contributed by atoms with E-state index in [4.69, 9.17) is 4.74 Å². The average Bonchev–Trinajstić information content (AvgIpc) is 3.25. The third-order valence-electron chi connectivity index (χ3n) is 6.94. The number of methoxy groups -OCH3 is 1. The fraction of sp³-hybridized carbons (Fsp3) is 0.385. The highest BCUT2D eigenvalue weighted by atomic mass is 32.2. The maximum Gasteiger partial charge on any atom is 0.304 e. The molecule has 7 nitrogen and oxygen atoms in total. The number of nitrogens with one attached hydrogen (secondary N) is 1. The van der Waals surface area contributed by atoms with Crippen LogP contribution in [-0.4, -0.2) is 61.9 Å². The first-order valence-electron chi connectivity index (χ1n) is 11.9. The van der Waals surface area contributed by atoms with Gasteiger partial charge in [-0.25, -0.2) is 4.39 Å². The first kappa shape index (κ1) is 23.8. The fourth-order valence-corrected chi connectivity index (χ4v) is 6.80. The summed E-state index contributed by atoms with van der Waals surface area (Å²) in [5.74, 6) is 0.392. The number of ether oxygens (including phenoxy) is 1. The summed E-state index contributed by atoms with van der Waals surface area (Å²) in [5, 5.41) is 1.02. The summed E-state index contributed by atoms with van der Waals surface area (Å²) in [4.78, 5) is 5.43. The molecule has 0 unspecified atom stereocenters. The second-order valence-electron chi connectivity index (χ2n) is 9.39. The van der Waals surface area contributed by atoms with E-state index in [1.54, 1.807) is 11.4 Å². The van der Waals surface area contributed by atoms with E-state index in [1.165, 1.54) is 22.0 Å².